The van der Waals surface area contributed by atoms with Crippen LogP contribution in [0.15, 0.2) is 182 Å². The van der Waals surface area contributed by atoms with Gasteiger partial charge in [-0.15, -0.1) is 43.7 Å². The Morgan fingerprint density at radius 3 is 0.394 bits per heavy atom. The van der Waals surface area contributed by atoms with Gasteiger partial charge in [0.1, 0.15) is 127 Å². The van der Waals surface area contributed by atoms with Gasteiger partial charge in [0.15, 0.2) is 159 Å². The summed E-state index contributed by atoms with van der Waals surface area (Å²) in [6, 6.07) is 52.8. The zero-order chi connectivity index (χ0) is 93.6. The first kappa shape index (κ1) is 94.5. The number of hydrogen-bond donors (Lipinski definition) is 0. The maximum atomic E-state index is 15.4. The molecule has 0 atom stereocenters. The number of hydrogen-bond acceptors (Lipinski definition) is 3. The van der Waals surface area contributed by atoms with E-state index in [-0.39, 0.29) is 21.8 Å². The van der Waals surface area contributed by atoms with Crippen LogP contribution < -0.4 is 43.7 Å². The summed E-state index contributed by atoms with van der Waals surface area (Å²) >= 11 is 5.73. The van der Waals surface area contributed by atoms with Crippen LogP contribution in [-0.2, 0) is 21.8 Å². The molecule has 0 spiro atoms. The second kappa shape index (κ2) is 36.3. The zero-order valence-electron chi connectivity index (χ0n) is 60.2. The molecule has 0 fully saturated rings. The fourth-order valence-electron chi connectivity index (χ4n) is 13.7. The Labute approximate surface area is 699 Å². The van der Waals surface area contributed by atoms with E-state index >= 15 is 70.2 Å². The first-order valence-electron chi connectivity index (χ1n) is 33.8. The average molecular weight is 1930 g/mol. The molecule has 0 nitrogen and oxygen atoms in total. The maximum absolute atomic E-state index is 15.4. The molecular formula is C80H24B2F40S5. The largest absolute Gasteiger partial charge is 0.221 e. The van der Waals surface area contributed by atoms with E-state index in [1.54, 1.807) is 0 Å². The molecule has 0 aliphatic carbocycles. The lowest BCUT2D eigenvalue weighted by molar-refractivity contribution is 0.377. The maximum Gasteiger partial charge on any atom is 0.221 e. The van der Waals surface area contributed by atoms with Crippen molar-refractivity contribution in [2.75, 3.05) is 0 Å². The van der Waals surface area contributed by atoms with E-state index in [4.69, 9.17) is 0 Å². The van der Waals surface area contributed by atoms with Gasteiger partial charge < -0.3 is 0 Å². The molecule has 0 N–H and O–H groups in total. The predicted molar refractivity (Wildman–Crippen MR) is 381 cm³/mol. The van der Waals surface area contributed by atoms with Crippen LogP contribution in [0, 0.1) is 233 Å². The molecule has 0 saturated carbocycles. The topological polar surface area (TPSA) is 0 Å². The minimum absolute atomic E-state index is 0.0938. The van der Waals surface area contributed by atoms with Gasteiger partial charge in [0.05, 0.1) is 8.42 Å². The van der Waals surface area contributed by atoms with Crippen LogP contribution >= 0.6 is 34.4 Å². The molecule has 14 rings (SSSR count). The van der Waals surface area contributed by atoms with Crippen LogP contribution in [-0.4, -0.2) is 12.3 Å². The van der Waals surface area contributed by atoms with Gasteiger partial charge in [-0.25, -0.2) is 176 Å². The van der Waals surface area contributed by atoms with Crippen LogP contribution in [0.1, 0.15) is 0 Å². The van der Waals surface area contributed by atoms with Crippen molar-refractivity contribution in [2.45, 2.75) is 36.4 Å². The van der Waals surface area contributed by atoms with Crippen LogP contribution in [0.3, 0.4) is 0 Å². The molecule has 2 heterocycles. The second-order valence-corrected chi connectivity index (χ2v) is 34.0. The lowest BCUT2D eigenvalue weighted by atomic mass is 9.12. The third-order valence-electron chi connectivity index (χ3n) is 19.0. The molecule has 0 amide bonds. The Morgan fingerprint density at radius 2 is 0.268 bits per heavy atom. The molecule has 0 unspecified atom stereocenters. The first-order valence-corrected chi connectivity index (χ1v) is 38.7. The Balaban J connectivity index is 0.000000174. The molecule has 0 aliphatic rings. The molecule has 0 radical (unpaired) electrons. The summed E-state index contributed by atoms with van der Waals surface area (Å²) in [5, 5.41) is 0. The summed E-state index contributed by atoms with van der Waals surface area (Å²) in [5.74, 6) is -143. The van der Waals surface area contributed by atoms with Crippen molar-refractivity contribution in [3.63, 3.8) is 0 Å². The summed E-state index contributed by atoms with van der Waals surface area (Å²) in [4.78, 5) is 5.45. The minimum atomic E-state index is -7.22. The molecule has 0 bridgehead atoms. The molecule has 0 aliphatic heterocycles. The highest BCUT2D eigenvalue weighted by molar-refractivity contribution is 8.04. The van der Waals surface area contributed by atoms with E-state index < -0.39 is 289 Å². The van der Waals surface area contributed by atoms with Crippen molar-refractivity contribution in [2.24, 2.45) is 0 Å². The van der Waals surface area contributed by atoms with E-state index in [1.165, 1.54) is 36.4 Å². The van der Waals surface area contributed by atoms with Gasteiger partial charge in [0, 0.05) is 12.1 Å². The zero-order valence-corrected chi connectivity index (χ0v) is 64.3. The summed E-state index contributed by atoms with van der Waals surface area (Å²) in [5.41, 5.74) is -28.7. The van der Waals surface area contributed by atoms with Gasteiger partial charge >= 0.3 is 0 Å². The van der Waals surface area contributed by atoms with Crippen LogP contribution in [0.4, 0.5) is 176 Å². The van der Waals surface area contributed by atoms with Gasteiger partial charge in [-0.3, -0.25) is 0 Å². The summed E-state index contributed by atoms with van der Waals surface area (Å²) < 4.78 is 593. The average Bonchev–Trinajstić information content (AvgIpc) is 1.34. The van der Waals surface area contributed by atoms with Crippen LogP contribution in [0.2, 0.25) is 0 Å². The Morgan fingerprint density at radius 1 is 0.150 bits per heavy atom. The lowest BCUT2D eigenvalue weighted by Gasteiger charge is -2.44. The SMILES string of the molecule is Fc1c(F)c(F)c([B-](c2c(F)c(F)c(F)c(F)c2F)(c2c(F)c(F)c(F)c(F)c2F)c2c(F)c(F)c(F)c(F)c2F)c(F)c1F.Fc1c(F)c(F)c([B-](c2c(F)c(F)c(F)c(F)c2F)(c2c(F)c(F)c(F)c(F)c2F)c2c(F)c(F)c(F)c(F)c2F)c(F)c1F.c1ccc([S+](c2ccccc2)c2ccc(Sc3ccc([S+](c4ccccc4)c4ccccc4)s3)s2)cc1. The number of benzene rings is 12. The third-order valence-corrected chi connectivity index (χ3v) is 27.6. The fourth-order valence-corrected chi connectivity index (χ4v) is 23.0. The quantitative estimate of drug-likeness (QED) is 0.0305. The number of thiophene rings is 2. The summed E-state index contributed by atoms with van der Waals surface area (Å²) in [7, 11) is -0.188. The number of halogens is 40. The normalized spacial score (nSPS) is 11.8. The molecule has 12 aromatic carbocycles. The lowest BCUT2D eigenvalue weighted by Crippen LogP contribution is -2.81. The smallest absolute Gasteiger partial charge is 0.207 e. The molecule has 47 heteroatoms. The highest BCUT2D eigenvalue weighted by Crippen LogP contribution is 2.46. The van der Waals surface area contributed by atoms with Gasteiger partial charge in [-0.1, -0.05) is 107 Å². The molecular weight excluding hydrogens is 1900 g/mol. The van der Waals surface area contributed by atoms with Crippen molar-refractivity contribution < 1.29 is 176 Å². The second-order valence-electron chi connectivity index (χ2n) is 25.7. The van der Waals surface area contributed by atoms with Gasteiger partial charge in [-0.2, -0.15) is 0 Å². The summed E-state index contributed by atoms with van der Waals surface area (Å²) in [6.07, 6.45) is -14.4. The number of rotatable bonds is 16. The van der Waals surface area contributed by atoms with Crippen LogP contribution in [0.5, 0.6) is 0 Å². The highest BCUT2D eigenvalue weighted by atomic mass is 32.2. The van der Waals surface area contributed by atoms with E-state index in [9.17, 15) is 105 Å². The third kappa shape index (κ3) is 15.4. The standard InChI is InChI=1S/C32H24S5.2C24BF20/c1-5-13-25(14-6-1)36(26-15-7-2-8-16-26)31-23-21-29(34-31)33-30-22-24-32(35-30)37(27-17-9-3-10-18-27)28-19-11-4-12-20-28;2*26-5-1(6(27)14(35)21(42)13(5)34)25(2-7(28)15(36)22(43)16(37)8(2)29,3-9(30)17(38)23(44)18(39)10(3)31)4-11(32)19(40)24(45)20(41)12(4)33/h1-24H;;/q+2;2*-1. The van der Waals surface area contributed by atoms with Gasteiger partial charge in [0.2, 0.25) is 8.42 Å². The molecule has 127 heavy (non-hydrogen) atoms. The fraction of sp³-hybridized carbons (Fsp3) is 0. The van der Waals surface area contributed by atoms with E-state index in [1.807, 2.05) is 34.4 Å². The van der Waals surface area contributed by atoms with Crippen molar-refractivity contribution in [3.05, 3.63) is 378 Å². The molecule has 2 aromatic heterocycles. The Kier molecular flexibility index (Phi) is 27.0. The van der Waals surface area contributed by atoms with E-state index in [2.05, 4.69) is 146 Å². The molecule has 14 aromatic rings. The van der Waals surface area contributed by atoms with Gasteiger partial charge in [-0.05, 0) is 60.7 Å². The molecule has 660 valence electrons. The van der Waals surface area contributed by atoms with Crippen molar-refractivity contribution in [1.82, 2.24) is 0 Å². The Hall–Kier alpha value is -11.6. The summed E-state index contributed by atoms with van der Waals surface area (Å²) in [6.45, 7) is 0. The molecule has 0 saturated heterocycles. The van der Waals surface area contributed by atoms with E-state index in [0.717, 1.165) is 0 Å². The monoisotopic (exact) mass is 1930 g/mol. The predicted octanol–water partition coefficient (Wildman–Crippen LogP) is 21.8. The van der Waals surface area contributed by atoms with Crippen molar-refractivity contribution in [1.29, 1.82) is 0 Å². The van der Waals surface area contributed by atoms with Gasteiger partial charge in [0.25, 0.3) is 0 Å². The first-order chi connectivity index (χ1) is 59.8. The van der Waals surface area contributed by atoms with Crippen LogP contribution in [0.25, 0.3) is 0 Å². The minimum Gasteiger partial charge on any atom is -0.207 e. The Bertz CT molecular complexity index is 5500. The van der Waals surface area contributed by atoms with Crippen molar-refractivity contribution in [3.8, 4) is 0 Å². The van der Waals surface area contributed by atoms with Crippen molar-refractivity contribution >= 4 is 112 Å². The van der Waals surface area contributed by atoms with E-state index in [0.29, 0.717) is 0 Å². The highest BCUT2D eigenvalue weighted by Gasteiger charge is 2.55.